The molecular weight excluding hydrogens is 135 g/mol. The standard InChI is InChI=1S/H7O3PSi2/c1-4(2-5)3-6/h1H,5-6H3. The smallest absolute Gasteiger partial charge is 0.306 e. The summed E-state index contributed by atoms with van der Waals surface area (Å²) in [6.07, 6.45) is 0. The third kappa shape index (κ3) is 2.95. The zero-order valence-corrected chi connectivity index (χ0v) is 8.61. The van der Waals surface area contributed by atoms with Gasteiger partial charge < -0.3 is 13.3 Å². The Labute approximate surface area is 43.7 Å². The van der Waals surface area contributed by atoms with Gasteiger partial charge in [-0.25, -0.2) is 0 Å². The Morgan fingerprint density at radius 2 is 1.67 bits per heavy atom. The van der Waals surface area contributed by atoms with Crippen LogP contribution in [0.2, 0.25) is 0 Å². The Balaban J connectivity index is 2.75. The minimum absolute atomic E-state index is 0.559. The normalized spacial score (nSPS) is 15.5. The highest BCUT2D eigenvalue weighted by molar-refractivity contribution is 7.42. The minimum atomic E-state index is -1.45. The third-order valence-electron chi connectivity index (χ3n) is 0.312. The van der Waals surface area contributed by atoms with Crippen molar-refractivity contribution < 1.29 is 13.3 Å². The molecule has 0 radical (unpaired) electrons. The van der Waals surface area contributed by atoms with Gasteiger partial charge in [0.2, 0.25) is 0 Å². The van der Waals surface area contributed by atoms with Crippen LogP contribution in [0.25, 0.3) is 0 Å². The summed E-state index contributed by atoms with van der Waals surface area (Å²) in [7, 11) is -0.336. The molecule has 0 heterocycles. The van der Waals surface area contributed by atoms with Gasteiger partial charge in [0.1, 0.15) is 0 Å². The Hall–Kier alpha value is 0.744. The summed E-state index contributed by atoms with van der Waals surface area (Å²) in [5, 5.41) is 0. The molecule has 0 aliphatic rings. The summed E-state index contributed by atoms with van der Waals surface area (Å²) >= 11 is 0. The van der Waals surface area contributed by atoms with Gasteiger partial charge >= 0.3 is 8.60 Å². The maximum atomic E-state index is 8.36. The zero-order valence-electron chi connectivity index (χ0n) is 3.71. The average Bonchev–Trinajstić information content (AvgIpc) is 1.65. The van der Waals surface area contributed by atoms with E-state index in [2.05, 4.69) is 8.43 Å². The molecule has 0 atom stereocenters. The van der Waals surface area contributed by atoms with Crippen molar-refractivity contribution in [3.63, 3.8) is 0 Å². The fourth-order valence-corrected chi connectivity index (χ4v) is 2.01. The molecule has 6 heavy (non-hydrogen) atoms. The molecule has 6 heteroatoms. The fraction of sp³-hybridized carbons (Fsp3) is 0. The first-order valence-electron chi connectivity index (χ1n) is 1.38. The molecule has 0 aromatic rings. The van der Waals surface area contributed by atoms with Crippen LogP contribution in [0.5, 0.6) is 0 Å². The monoisotopic (exact) mass is 142 g/mol. The van der Waals surface area contributed by atoms with Crippen LogP contribution in [0.1, 0.15) is 0 Å². The van der Waals surface area contributed by atoms with Crippen molar-refractivity contribution in [1.82, 2.24) is 0 Å². The highest BCUT2D eigenvalue weighted by atomic mass is 31.2. The Morgan fingerprint density at radius 1 is 1.33 bits per heavy atom. The van der Waals surface area contributed by atoms with Gasteiger partial charge in [-0.15, -0.1) is 0 Å². The maximum Gasteiger partial charge on any atom is 0.306 e. The highest BCUT2D eigenvalue weighted by Crippen LogP contribution is 2.27. The van der Waals surface area contributed by atoms with E-state index in [0.717, 1.165) is 0 Å². The van der Waals surface area contributed by atoms with E-state index in [-0.39, 0.29) is 0 Å². The predicted molar refractivity (Wildman–Crippen MR) is 31.2 cm³/mol. The molecule has 0 bridgehead atoms. The van der Waals surface area contributed by atoms with Gasteiger partial charge in [-0.3, -0.25) is 0 Å². The van der Waals surface area contributed by atoms with E-state index < -0.39 is 8.60 Å². The van der Waals surface area contributed by atoms with Crippen LogP contribution in [0.15, 0.2) is 0 Å². The number of rotatable bonds is 2. The molecule has 0 saturated carbocycles. The summed E-state index contributed by atoms with van der Waals surface area (Å²) in [5.41, 5.74) is 0. The Bertz CT molecular complexity index is 28.0. The molecule has 38 valence electrons. The molecule has 3 nitrogen and oxygen atoms in total. The first-order chi connectivity index (χ1) is 2.81. The lowest BCUT2D eigenvalue weighted by Gasteiger charge is -2.00. The van der Waals surface area contributed by atoms with Gasteiger partial charge in [0.15, 0.2) is 21.0 Å². The molecule has 0 fully saturated rings. The summed E-state index contributed by atoms with van der Waals surface area (Å²) in [6.45, 7) is 0. The second kappa shape index (κ2) is 3.92. The molecule has 0 aliphatic carbocycles. The lowest BCUT2D eigenvalue weighted by molar-refractivity contribution is 0.411. The maximum absolute atomic E-state index is 8.36. The first-order valence-corrected chi connectivity index (χ1v) is 4.14. The van der Waals surface area contributed by atoms with Gasteiger partial charge in [-0.05, 0) is 0 Å². The van der Waals surface area contributed by atoms with E-state index in [1.807, 2.05) is 0 Å². The summed E-state index contributed by atoms with van der Waals surface area (Å²) in [4.78, 5) is 8.36. The van der Waals surface area contributed by atoms with Crippen molar-refractivity contribution >= 4 is 29.6 Å². The van der Waals surface area contributed by atoms with Crippen LogP contribution in [0.4, 0.5) is 0 Å². The summed E-state index contributed by atoms with van der Waals surface area (Å²) in [5.74, 6) is 0. The molecule has 0 aromatic heterocycles. The molecular formula is H7O3PSi2. The van der Waals surface area contributed by atoms with E-state index in [1.54, 1.807) is 0 Å². The van der Waals surface area contributed by atoms with Crippen molar-refractivity contribution in [2.45, 2.75) is 0 Å². The largest absolute Gasteiger partial charge is 0.367 e. The van der Waals surface area contributed by atoms with Crippen molar-refractivity contribution in [1.29, 1.82) is 0 Å². The van der Waals surface area contributed by atoms with Crippen molar-refractivity contribution in [3.8, 4) is 0 Å². The van der Waals surface area contributed by atoms with E-state index in [4.69, 9.17) is 4.89 Å². The van der Waals surface area contributed by atoms with Crippen molar-refractivity contribution in [2.24, 2.45) is 0 Å². The SMILES string of the molecule is OP(O[SiH3])O[SiH3]. The Morgan fingerprint density at radius 3 is 1.67 bits per heavy atom. The van der Waals surface area contributed by atoms with Gasteiger partial charge in [0.25, 0.3) is 0 Å². The van der Waals surface area contributed by atoms with E-state index in [0.29, 0.717) is 21.0 Å². The lowest BCUT2D eigenvalue weighted by atomic mass is 15.7. The molecule has 0 saturated heterocycles. The molecule has 0 rings (SSSR count). The van der Waals surface area contributed by atoms with E-state index >= 15 is 0 Å². The Kier molecular flexibility index (Phi) is 4.40. The van der Waals surface area contributed by atoms with Crippen LogP contribution in [-0.4, -0.2) is 25.9 Å². The van der Waals surface area contributed by atoms with E-state index in [1.165, 1.54) is 0 Å². The number of hydrogen-bond donors (Lipinski definition) is 1. The fourth-order valence-electron chi connectivity index (χ4n) is 0.0745. The molecule has 0 unspecified atom stereocenters. The molecule has 0 aromatic carbocycles. The van der Waals surface area contributed by atoms with Crippen molar-refractivity contribution in [3.05, 3.63) is 0 Å². The highest BCUT2D eigenvalue weighted by Gasteiger charge is 1.92. The predicted octanol–water partition coefficient (Wildman–Crippen LogP) is -2.20. The van der Waals surface area contributed by atoms with Crippen LogP contribution in [-0.2, 0) is 8.43 Å². The van der Waals surface area contributed by atoms with Crippen LogP contribution in [0.3, 0.4) is 0 Å². The third-order valence-corrected chi connectivity index (χ3v) is 2.81. The van der Waals surface area contributed by atoms with Gasteiger partial charge in [0.05, 0.1) is 0 Å². The average molecular weight is 142 g/mol. The lowest BCUT2D eigenvalue weighted by Crippen LogP contribution is -1.79. The van der Waals surface area contributed by atoms with Crippen molar-refractivity contribution in [2.75, 3.05) is 0 Å². The molecule has 0 spiro atoms. The van der Waals surface area contributed by atoms with Gasteiger partial charge in [-0.1, -0.05) is 0 Å². The summed E-state index contributed by atoms with van der Waals surface area (Å²) < 4.78 is 8.94. The van der Waals surface area contributed by atoms with Crippen LogP contribution >= 0.6 is 8.60 Å². The summed E-state index contributed by atoms with van der Waals surface area (Å²) in [6, 6.07) is 0. The molecule has 1 N–H and O–H groups in total. The second-order valence-corrected chi connectivity index (χ2v) is 4.00. The number of hydrogen-bond acceptors (Lipinski definition) is 3. The van der Waals surface area contributed by atoms with Gasteiger partial charge in [0, 0.05) is 0 Å². The second-order valence-electron chi connectivity index (χ2n) is 0.603. The molecule has 0 amide bonds. The zero-order chi connectivity index (χ0) is 4.99. The molecule has 0 aliphatic heterocycles. The topological polar surface area (TPSA) is 38.7 Å². The van der Waals surface area contributed by atoms with Gasteiger partial charge in [-0.2, -0.15) is 0 Å². The first kappa shape index (κ1) is 6.74. The quantitative estimate of drug-likeness (QED) is 0.351. The van der Waals surface area contributed by atoms with Crippen LogP contribution in [0, 0.1) is 0 Å². The minimum Gasteiger partial charge on any atom is -0.367 e. The van der Waals surface area contributed by atoms with Crippen LogP contribution < -0.4 is 0 Å². The van der Waals surface area contributed by atoms with E-state index in [9.17, 15) is 0 Å².